The maximum absolute atomic E-state index is 13.8. The molecule has 0 aliphatic heterocycles. The number of benzene rings is 4. The van der Waals surface area contributed by atoms with Gasteiger partial charge in [-0.05, 0) is 70.7 Å². The van der Waals surface area contributed by atoms with E-state index in [4.69, 9.17) is 5.26 Å². The third-order valence-electron chi connectivity index (χ3n) is 6.07. The van der Waals surface area contributed by atoms with Crippen LogP contribution in [0.1, 0.15) is 40.7 Å². The predicted molar refractivity (Wildman–Crippen MR) is 129 cm³/mol. The Balaban J connectivity index is 1.37. The number of rotatable bonds is 7. The fourth-order valence-corrected chi connectivity index (χ4v) is 4.12. The largest absolute Gasteiger partial charge is 0.205 e. The Morgan fingerprint density at radius 3 is 1.76 bits per heavy atom. The lowest BCUT2D eigenvalue weighted by Gasteiger charge is -2.12. The standard InChI is InChI=1S/C30H25F2N/c1-21(25-5-3-2-4-6-25)17-23-11-15-27(16-12-23)26-13-9-22(10-14-26)7-8-24-18-29(31)28(20-33)30(32)19-24/h2-6,9-16,18-19,21H,7-8,17H2,1H3/t21-/m0/s1. The molecule has 0 heterocycles. The van der Waals surface area contributed by atoms with Crippen molar-refractivity contribution in [2.24, 2.45) is 0 Å². The van der Waals surface area contributed by atoms with E-state index in [1.54, 1.807) is 6.07 Å². The smallest absolute Gasteiger partial charge is 0.144 e. The van der Waals surface area contributed by atoms with Crippen LogP contribution < -0.4 is 0 Å². The molecule has 0 saturated carbocycles. The van der Waals surface area contributed by atoms with Gasteiger partial charge >= 0.3 is 0 Å². The summed E-state index contributed by atoms with van der Waals surface area (Å²) in [6.45, 7) is 2.25. The van der Waals surface area contributed by atoms with Crippen LogP contribution >= 0.6 is 0 Å². The lowest BCUT2D eigenvalue weighted by molar-refractivity contribution is 0.573. The number of aryl methyl sites for hydroxylation is 2. The van der Waals surface area contributed by atoms with Gasteiger partial charge in [-0.3, -0.25) is 0 Å². The summed E-state index contributed by atoms with van der Waals surface area (Å²) < 4.78 is 27.6. The molecule has 0 radical (unpaired) electrons. The number of hydrogen-bond acceptors (Lipinski definition) is 1. The van der Waals surface area contributed by atoms with Crippen LogP contribution in [0.15, 0.2) is 91.0 Å². The Hall–Kier alpha value is -3.77. The van der Waals surface area contributed by atoms with E-state index in [0.717, 1.165) is 23.1 Å². The molecule has 0 aliphatic carbocycles. The van der Waals surface area contributed by atoms with Crippen molar-refractivity contribution in [3.05, 3.63) is 130 Å². The van der Waals surface area contributed by atoms with Crippen LogP contribution in [0.3, 0.4) is 0 Å². The van der Waals surface area contributed by atoms with Crippen molar-refractivity contribution in [2.45, 2.75) is 32.1 Å². The molecule has 4 aromatic carbocycles. The van der Waals surface area contributed by atoms with E-state index in [9.17, 15) is 8.78 Å². The van der Waals surface area contributed by atoms with Crippen LogP contribution in [0.2, 0.25) is 0 Å². The molecule has 3 heteroatoms. The minimum Gasteiger partial charge on any atom is -0.205 e. The minimum atomic E-state index is -0.801. The van der Waals surface area contributed by atoms with Gasteiger partial charge < -0.3 is 0 Å². The van der Waals surface area contributed by atoms with Crippen LogP contribution in [-0.4, -0.2) is 0 Å². The Morgan fingerprint density at radius 2 is 1.21 bits per heavy atom. The van der Waals surface area contributed by atoms with E-state index in [-0.39, 0.29) is 0 Å². The SMILES string of the molecule is C[C@@H](Cc1ccc(-c2ccc(CCc3cc(F)c(C#N)c(F)c3)cc2)cc1)c1ccccc1. The summed E-state index contributed by atoms with van der Waals surface area (Å²) in [7, 11) is 0. The molecule has 0 amide bonds. The zero-order chi connectivity index (χ0) is 23.2. The third kappa shape index (κ3) is 5.54. The first-order chi connectivity index (χ1) is 16.0. The van der Waals surface area contributed by atoms with Gasteiger partial charge in [0, 0.05) is 0 Å². The van der Waals surface area contributed by atoms with Gasteiger partial charge in [0.1, 0.15) is 23.3 Å². The van der Waals surface area contributed by atoms with Crippen molar-refractivity contribution in [3.8, 4) is 17.2 Å². The summed E-state index contributed by atoms with van der Waals surface area (Å²) in [6.07, 6.45) is 2.17. The number of nitriles is 1. The van der Waals surface area contributed by atoms with Gasteiger partial charge in [-0.2, -0.15) is 5.26 Å². The van der Waals surface area contributed by atoms with Crippen molar-refractivity contribution >= 4 is 0 Å². The van der Waals surface area contributed by atoms with Gasteiger partial charge in [0.25, 0.3) is 0 Å². The summed E-state index contributed by atoms with van der Waals surface area (Å²) in [5, 5.41) is 8.79. The molecule has 0 fully saturated rings. The molecule has 0 spiro atoms. The topological polar surface area (TPSA) is 23.8 Å². The van der Waals surface area contributed by atoms with Crippen molar-refractivity contribution in [1.29, 1.82) is 5.26 Å². The van der Waals surface area contributed by atoms with Crippen molar-refractivity contribution in [2.75, 3.05) is 0 Å². The molecule has 0 aliphatic rings. The second-order valence-corrected chi connectivity index (χ2v) is 8.46. The highest BCUT2D eigenvalue weighted by Crippen LogP contribution is 2.24. The maximum atomic E-state index is 13.8. The first-order valence-electron chi connectivity index (χ1n) is 11.1. The number of nitrogens with zero attached hydrogens (tertiary/aromatic N) is 1. The summed E-state index contributed by atoms with van der Waals surface area (Å²) in [4.78, 5) is 0. The van der Waals surface area contributed by atoms with E-state index in [0.29, 0.717) is 24.3 Å². The molecule has 0 N–H and O–H groups in total. The summed E-state index contributed by atoms with van der Waals surface area (Å²) in [5.41, 5.74) is 6.08. The molecule has 0 aromatic heterocycles. The molecular formula is C30H25F2N. The highest BCUT2D eigenvalue weighted by atomic mass is 19.1. The van der Waals surface area contributed by atoms with Crippen molar-refractivity contribution in [1.82, 2.24) is 0 Å². The first kappa shape index (κ1) is 22.4. The fourth-order valence-electron chi connectivity index (χ4n) is 4.12. The van der Waals surface area contributed by atoms with Crippen LogP contribution in [0.25, 0.3) is 11.1 Å². The van der Waals surface area contributed by atoms with Gasteiger partial charge in [-0.15, -0.1) is 0 Å². The molecule has 0 unspecified atom stereocenters. The predicted octanol–water partition coefficient (Wildman–Crippen LogP) is 7.63. The second kappa shape index (κ2) is 10.2. The van der Waals surface area contributed by atoms with E-state index < -0.39 is 17.2 Å². The fraction of sp³-hybridized carbons (Fsp3) is 0.167. The summed E-state index contributed by atoms with van der Waals surface area (Å²) in [5.74, 6) is -1.14. The van der Waals surface area contributed by atoms with Gasteiger partial charge in [0.15, 0.2) is 0 Å². The number of hydrogen-bond donors (Lipinski definition) is 0. The third-order valence-corrected chi connectivity index (χ3v) is 6.07. The maximum Gasteiger partial charge on any atom is 0.144 e. The first-order valence-corrected chi connectivity index (χ1v) is 11.1. The normalized spacial score (nSPS) is 11.7. The highest BCUT2D eigenvalue weighted by molar-refractivity contribution is 5.64. The lowest BCUT2D eigenvalue weighted by atomic mass is 9.92. The van der Waals surface area contributed by atoms with E-state index >= 15 is 0 Å². The molecule has 4 rings (SSSR count). The molecule has 0 saturated heterocycles. The highest BCUT2D eigenvalue weighted by Gasteiger charge is 2.11. The molecule has 164 valence electrons. The molecule has 1 nitrogen and oxygen atoms in total. The quantitative estimate of drug-likeness (QED) is 0.291. The molecule has 33 heavy (non-hydrogen) atoms. The zero-order valence-electron chi connectivity index (χ0n) is 18.6. The van der Waals surface area contributed by atoms with E-state index in [1.807, 2.05) is 6.07 Å². The number of halogens is 2. The second-order valence-electron chi connectivity index (χ2n) is 8.46. The molecule has 0 bridgehead atoms. The van der Waals surface area contributed by atoms with E-state index in [1.165, 1.54) is 23.3 Å². The van der Waals surface area contributed by atoms with Crippen molar-refractivity contribution in [3.63, 3.8) is 0 Å². The summed E-state index contributed by atoms with van der Waals surface area (Å²) >= 11 is 0. The Morgan fingerprint density at radius 1 is 0.697 bits per heavy atom. The molecular weight excluding hydrogens is 412 g/mol. The van der Waals surface area contributed by atoms with E-state index in [2.05, 4.69) is 79.7 Å². The monoisotopic (exact) mass is 437 g/mol. The molecule has 4 aromatic rings. The average Bonchev–Trinajstić information content (AvgIpc) is 2.84. The van der Waals surface area contributed by atoms with Gasteiger partial charge in [-0.1, -0.05) is 85.8 Å². The Kier molecular flexibility index (Phi) is 6.95. The van der Waals surface area contributed by atoms with Crippen LogP contribution in [0.4, 0.5) is 8.78 Å². The van der Waals surface area contributed by atoms with Gasteiger partial charge in [-0.25, -0.2) is 8.78 Å². The average molecular weight is 438 g/mol. The summed E-state index contributed by atoms with van der Waals surface area (Å²) in [6, 6.07) is 31.6. The lowest BCUT2D eigenvalue weighted by Crippen LogP contribution is -1.98. The molecule has 1 atom stereocenters. The van der Waals surface area contributed by atoms with Gasteiger partial charge in [0.05, 0.1) is 0 Å². The Bertz CT molecular complexity index is 1230. The van der Waals surface area contributed by atoms with Crippen LogP contribution in [0.5, 0.6) is 0 Å². The minimum absolute atomic E-state index is 0.467. The zero-order valence-corrected chi connectivity index (χ0v) is 18.6. The van der Waals surface area contributed by atoms with Crippen LogP contribution in [0, 0.1) is 23.0 Å². The van der Waals surface area contributed by atoms with Crippen LogP contribution in [-0.2, 0) is 19.3 Å². The van der Waals surface area contributed by atoms with Gasteiger partial charge in [0.2, 0.25) is 0 Å². The van der Waals surface area contributed by atoms with Crippen molar-refractivity contribution < 1.29 is 8.78 Å². The Labute approximate surface area is 194 Å².